The molecule has 0 radical (unpaired) electrons. The van der Waals surface area contributed by atoms with Gasteiger partial charge in [-0.1, -0.05) is 42.5 Å². The van der Waals surface area contributed by atoms with E-state index in [1.165, 1.54) is 0 Å². The van der Waals surface area contributed by atoms with Crippen LogP contribution in [0.25, 0.3) is 12.2 Å². The van der Waals surface area contributed by atoms with E-state index >= 15 is 0 Å². The first-order valence-corrected chi connectivity index (χ1v) is 8.94. The maximum Gasteiger partial charge on any atom is 0.328 e. The van der Waals surface area contributed by atoms with Crippen LogP contribution in [-0.2, 0) is 6.54 Å². The second-order valence-electron chi connectivity index (χ2n) is 6.36. The first-order valence-electron chi connectivity index (χ1n) is 8.94. The van der Waals surface area contributed by atoms with Crippen molar-refractivity contribution in [3.63, 3.8) is 0 Å². The molecule has 0 aliphatic heterocycles. The molecule has 0 spiro atoms. The molecule has 1 N–H and O–H groups in total. The maximum atomic E-state index is 13.3. The van der Waals surface area contributed by atoms with Gasteiger partial charge < -0.3 is 9.47 Å². The fraction of sp³-hybridized carbons (Fsp3) is 0.136. The summed E-state index contributed by atoms with van der Waals surface area (Å²) in [4.78, 5) is 36.9. The summed E-state index contributed by atoms with van der Waals surface area (Å²) in [7, 11) is 3.14. The van der Waals surface area contributed by atoms with Crippen LogP contribution >= 0.6 is 0 Å². The summed E-state index contributed by atoms with van der Waals surface area (Å²) >= 11 is 0. The van der Waals surface area contributed by atoms with Crippen LogP contribution in [0.4, 0.5) is 4.39 Å². The maximum absolute atomic E-state index is 13.3. The number of hydrogen-bond donors (Lipinski definition) is 1. The van der Waals surface area contributed by atoms with Crippen molar-refractivity contribution in [1.82, 2.24) is 9.55 Å². The van der Waals surface area contributed by atoms with Crippen molar-refractivity contribution < 1.29 is 18.7 Å². The molecule has 0 aliphatic carbocycles. The minimum Gasteiger partial charge on any atom is -0.493 e. The first-order chi connectivity index (χ1) is 14.4. The zero-order valence-electron chi connectivity index (χ0n) is 16.3. The number of aromatic nitrogens is 2. The van der Waals surface area contributed by atoms with Crippen LogP contribution in [0, 0.1) is 5.82 Å². The normalized spacial score (nSPS) is 10.9. The molecular formula is C22H19FN2O5. The predicted octanol–water partition coefficient (Wildman–Crippen LogP) is 2.75. The van der Waals surface area contributed by atoms with E-state index in [4.69, 9.17) is 9.47 Å². The molecule has 30 heavy (non-hydrogen) atoms. The van der Waals surface area contributed by atoms with Gasteiger partial charge in [-0.25, -0.2) is 4.79 Å². The Morgan fingerprint density at radius 3 is 2.30 bits per heavy atom. The van der Waals surface area contributed by atoms with Gasteiger partial charge in [0.15, 0.2) is 17.3 Å². The van der Waals surface area contributed by atoms with E-state index in [2.05, 4.69) is 0 Å². The van der Waals surface area contributed by atoms with E-state index in [0.717, 1.165) is 21.9 Å². The van der Waals surface area contributed by atoms with Crippen LogP contribution in [0.1, 0.15) is 21.5 Å². The van der Waals surface area contributed by atoms with Gasteiger partial charge in [0.05, 0.1) is 27.0 Å². The van der Waals surface area contributed by atoms with E-state index in [0.29, 0.717) is 17.1 Å². The van der Waals surface area contributed by atoms with Gasteiger partial charge in [0.2, 0.25) is 5.82 Å². The number of ketones is 1. The smallest absolute Gasteiger partial charge is 0.328 e. The Hall–Kier alpha value is -3.94. The van der Waals surface area contributed by atoms with Gasteiger partial charge in [-0.2, -0.15) is 4.39 Å². The predicted molar refractivity (Wildman–Crippen MR) is 111 cm³/mol. The second kappa shape index (κ2) is 9.04. The van der Waals surface area contributed by atoms with Crippen molar-refractivity contribution >= 4 is 17.9 Å². The summed E-state index contributed by atoms with van der Waals surface area (Å²) in [5, 5.41) is 0. The Kier molecular flexibility index (Phi) is 6.26. The van der Waals surface area contributed by atoms with Crippen molar-refractivity contribution in [3.8, 4) is 11.5 Å². The number of ether oxygens (including phenoxy) is 2. The number of carbonyl (C=O) groups excluding carboxylic acids is 1. The molecule has 0 aliphatic rings. The molecule has 3 aromatic rings. The summed E-state index contributed by atoms with van der Waals surface area (Å²) in [5.74, 6) is -0.259. The molecule has 1 heterocycles. The van der Waals surface area contributed by atoms with Crippen molar-refractivity contribution in [2.75, 3.05) is 14.2 Å². The largest absolute Gasteiger partial charge is 0.493 e. The van der Waals surface area contributed by atoms with Crippen LogP contribution in [0.5, 0.6) is 11.5 Å². The van der Waals surface area contributed by atoms with Gasteiger partial charge in [-0.3, -0.25) is 19.1 Å². The van der Waals surface area contributed by atoms with Gasteiger partial charge in [-0.05, 0) is 23.3 Å². The lowest BCUT2D eigenvalue weighted by molar-refractivity contribution is 0.0970. The molecule has 154 valence electrons. The Labute approximate surface area is 171 Å². The van der Waals surface area contributed by atoms with Gasteiger partial charge in [0, 0.05) is 5.56 Å². The molecule has 0 bridgehead atoms. The third-order valence-corrected chi connectivity index (χ3v) is 4.39. The quantitative estimate of drug-likeness (QED) is 0.478. The Morgan fingerprint density at radius 1 is 1.00 bits per heavy atom. The molecule has 0 atom stereocenters. The molecule has 8 heteroatoms. The zero-order valence-corrected chi connectivity index (χ0v) is 16.3. The monoisotopic (exact) mass is 410 g/mol. The SMILES string of the molecule is COc1ccc(/C=C/c2ccc(C(=O)Cn3cc(F)c(=O)[nH]c3=O)cc2)cc1OC. The molecule has 0 saturated carbocycles. The molecule has 0 fully saturated rings. The van der Waals surface area contributed by atoms with Crippen LogP contribution in [0.15, 0.2) is 58.3 Å². The number of H-pyrrole nitrogens is 1. The van der Waals surface area contributed by atoms with Crippen molar-refractivity contribution in [3.05, 3.63) is 92.0 Å². The van der Waals surface area contributed by atoms with Gasteiger partial charge in [-0.15, -0.1) is 0 Å². The number of aromatic amines is 1. The number of benzene rings is 2. The fourth-order valence-electron chi connectivity index (χ4n) is 2.78. The number of Topliss-reactive ketones (excluding diaryl/α,β-unsaturated/α-hetero) is 1. The first kappa shape index (κ1) is 20.8. The zero-order chi connectivity index (χ0) is 21.7. The van der Waals surface area contributed by atoms with Crippen molar-refractivity contribution in [2.45, 2.75) is 6.54 Å². The number of methoxy groups -OCH3 is 2. The number of hydrogen-bond acceptors (Lipinski definition) is 5. The standard InChI is InChI=1S/C22H19FN2O5/c1-29-19-10-7-15(11-20(19)30-2)4-3-14-5-8-16(9-6-14)18(26)13-25-12-17(23)21(27)24-22(25)28/h3-12H,13H2,1-2H3,(H,24,27,28)/b4-3+. The third-order valence-electron chi connectivity index (χ3n) is 4.39. The topological polar surface area (TPSA) is 90.4 Å². The van der Waals surface area contributed by atoms with Gasteiger partial charge in [0.25, 0.3) is 5.56 Å². The second-order valence-corrected chi connectivity index (χ2v) is 6.36. The average Bonchev–Trinajstić information content (AvgIpc) is 2.76. The number of halogens is 1. The molecule has 3 rings (SSSR count). The Bertz CT molecular complexity index is 1210. The molecule has 0 saturated heterocycles. The van der Waals surface area contributed by atoms with E-state index in [1.54, 1.807) is 38.5 Å². The summed E-state index contributed by atoms with van der Waals surface area (Å²) in [6.07, 6.45) is 4.48. The molecule has 0 unspecified atom stereocenters. The number of rotatable bonds is 7. The van der Waals surface area contributed by atoms with E-state index in [-0.39, 0.29) is 12.3 Å². The number of carbonyl (C=O) groups is 1. The highest BCUT2D eigenvalue weighted by Crippen LogP contribution is 2.28. The summed E-state index contributed by atoms with van der Waals surface area (Å²) in [6.45, 7) is -0.382. The lowest BCUT2D eigenvalue weighted by atomic mass is 10.1. The summed E-state index contributed by atoms with van der Waals surface area (Å²) < 4.78 is 24.7. The summed E-state index contributed by atoms with van der Waals surface area (Å²) in [6, 6.07) is 12.3. The lowest BCUT2D eigenvalue weighted by Crippen LogP contribution is -2.33. The number of nitrogens with zero attached hydrogens (tertiary/aromatic N) is 1. The minimum atomic E-state index is -1.13. The number of nitrogens with one attached hydrogen (secondary N) is 1. The molecule has 1 aromatic heterocycles. The lowest BCUT2D eigenvalue weighted by Gasteiger charge is -2.07. The van der Waals surface area contributed by atoms with Crippen LogP contribution in [0.3, 0.4) is 0 Å². The molecule has 2 aromatic carbocycles. The summed E-state index contributed by atoms with van der Waals surface area (Å²) in [5.41, 5.74) is 0.163. The van der Waals surface area contributed by atoms with Gasteiger partial charge >= 0.3 is 5.69 Å². The van der Waals surface area contributed by atoms with E-state index in [1.807, 2.05) is 35.3 Å². The van der Waals surface area contributed by atoms with Crippen LogP contribution in [0.2, 0.25) is 0 Å². The Morgan fingerprint density at radius 2 is 1.63 bits per heavy atom. The van der Waals surface area contributed by atoms with Crippen LogP contribution in [-0.4, -0.2) is 29.6 Å². The Balaban J connectivity index is 1.72. The fourth-order valence-corrected chi connectivity index (χ4v) is 2.78. The molecule has 0 amide bonds. The van der Waals surface area contributed by atoms with E-state index < -0.39 is 17.1 Å². The van der Waals surface area contributed by atoms with Gasteiger partial charge in [0.1, 0.15) is 0 Å². The third kappa shape index (κ3) is 4.72. The van der Waals surface area contributed by atoms with Crippen LogP contribution < -0.4 is 20.7 Å². The highest BCUT2D eigenvalue weighted by Gasteiger charge is 2.10. The molecular weight excluding hydrogens is 391 g/mol. The van der Waals surface area contributed by atoms with E-state index in [9.17, 15) is 18.8 Å². The molecule has 7 nitrogen and oxygen atoms in total. The van der Waals surface area contributed by atoms with Crippen molar-refractivity contribution in [2.24, 2.45) is 0 Å². The van der Waals surface area contributed by atoms with Crippen molar-refractivity contribution in [1.29, 1.82) is 0 Å². The minimum absolute atomic E-state index is 0.358. The average molecular weight is 410 g/mol. The highest BCUT2D eigenvalue weighted by atomic mass is 19.1. The highest BCUT2D eigenvalue weighted by molar-refractivity contribution is 5.96.